The molecule has 1 N–H and O–H groups in total. The predicted molar refractivity (Wildman–Crippen MR) is 130 cm³/mol. The van der Waals surface area contributed by atoms with Gasteiger partial charge in [-0.25, -0.2) is 9.78 Å². The van der Waals surface area contributed by atoms with Crippen molar-refractivity contribution in [3.05, 3.63) is 69.7 Å². The molecule has 3 aromatic rings. The minimum Gasteiger partial charge on any atom is -0.383 e. The van der Waals surface area contributed by atoms with E-state index in [0.717, 1.165) is 5.82 Å². The summed E-state index contributed by atoms with van der Waals surface area (Å²) in [6.45, 7) is 5.46. The van der Waals surface area contributed by atoms with Gasteiger partial charge in [0.05, 0.1) is 30.1 Å². The molecule has 1 aliphatic rings. The van der Waals surface area contributed by atoms with Crippen molar-refractivity contribution in [1.82, 2.24) is 19.4 Å². The first kappa shape index (κ1) is 23.2. The summed E-state index contributed by atoms with van der Waals surface area (Å²) in [6, 6.07) is 14.3. The van der Waals surface area contributed by atoms with E-state index >= 15 is 0 Å². The maximum atomic E-state index is 13.2. The minimum atomic E-state index is -0.134. The van der Waals surface area contributed by atoms with E-state index in [1.54, 1.807) is 46.9 Å². The number of para-hydroxylation sites is 1. The molecule has 0 aliphatic carbocycles. The van der Waals surface area contributed by atoms with Crippen molar-refractivity contribution in [3.63, 3.8) is 0 Å². The SMILES string of the molecule is COCCn1c(C(C)N2CCN(C(=O)Nc3ccc(Cl)cc3)CC2)nc2ccccc2c1=O. The lowest BCUT2D eigenvalue weighted by molar-refractivity contribution is 0.112. The van der Waals surface area contributed by atoms with Gasteiger partial charge in [-0.2, -0.15) is 0 Å². The summed E-state index contributed by atoms with van der Waals surface area (Å²) in [7, 11) is 1.62. The van der Waals surface area contributed by atoms with Crippen LogP contribution in [0.5, 0.6) is 0 Å². The van der Waals surface area contributed by atoms with Gasteiger partial charge in [0.1, 0.15) is 5.82 Å². The van der Waals surface area contributed by atoms with Crippen molar-refractivity contribution < 1.29 is 9.53 Å². The molecule has 2 heterocycles. The van der Waals surface area contributed by atoms with Gasteiger partial charge in [-0.15, -0.1) is 0 Å². The summed E-state index contributed by atoms with van der Waals surface area (Å²) in [4.78, 5) is 34.7. The highest BCUT2D eigenvalue weighted by molar-refractivity contribution is 6.30. The summed E-state index contributed by atoms with van der Waals surface area (Å²) in [6.07, 6.45) is 0. The summed E-state index contributed by atoms with van der Waals surface area (Å²) in [5, 5.41) is 4.14. The molecule has 0 radical (unpaired) electrons. The number of nitrogens with zero attached hydrogens (tertiary/aromatic N) is 4. The average molecular weight is 470 g/mol. The second-order valence-electron chi connectivity index (χ2n) is 8.07. The Morgan fingerprint density at radius 2 is 1.82 bits per heavy atom. The van der Waals surface area contributed by atoms with Gasteiger partial charge in [0.15, 0.2) is 0 Å². The number of amides is 2. The number of ether oxygens (including phenoxy) is 1. The summed E-state index contributed by atoms with van der Waals surface area (Å²) < 4.78 is 6.95. The molecule has 2 aromatic carbocycles. The van der Waals surface area contributed by atoms with Crippen LogP contribution in [0.4, 0.5) is 10.5 Å². The molecule has 1 atom stereocenters. The van der Waals surface area contributed by atoms with Crippen LogP contribution in [0.3, 0.4) is 0 Å². The fraction of sp³-hybridized carbons (Fsp3) is 0.375. The number of urea groups is 1. The normalized spacial score (nSPS) is 15.5. The highest BCUT2D eigenvalue weighted by atomic mass is 35.5. The van der Waals surface area contributed by atoms with Crippen molar-refractivity contribution in [2.45, 2.75) is 19.5 Å². The van der Waals surface area contributed by atoms with E-state index in [9.17, 15) is 9.59 Å². The Bertz CT molecular complexity index is 1170. The largest absolute Gasteiger partial charge is 0.383 e. The number of piperazine rings is 1. The first-order chi connectivity index (χ1) is 16.0. The Hall–Kier alpha value is -2.94. The Balaban J connectivity index is 1.48. The highest BCUT2D eigenvalue weighted by Crippen LogP contribution is 2.22. The summed E-state index contributed by atoms with van der Waals surface area (Å²) in [5.41, 5.74) is 1.35. The molecule has 0 saturated carbocycles. The molecular weight excluding hydrogens is 442 g/mol. The van der Waals surface area contributed by atoms with Gasteiger partial charge in [0.25, 0.3) is 5.56 Å². The molecule has 1 unspecified atom stereocenters. The molecule has 1 aliphatic heterocycles. The second kappa shape index (κ2) is 10.3. The number of rotatable bonds is 6. The van der Waals surface area contributed by atoms with Crippen LogP contribution in [-0.2, 0) is 11.3 Å². The fourth-order valence-corrected chi connectivity index (χ4v) is 4.24. The van der Waals surface area contributed by atoms with E-state index in [-0.39, 0.29) is 17.6 Å². The molecule has 4 rings (SSSR count). The van der Waals surface area contributed by atoms with Crippen LogP contribution in [0.25, 0.3) is 10.9 Å². The third-order valence-electron chi connectivity index (χ3n) is 6.03. The maximum Gasteiger partial charge on any atom is 0.321 e. The van der Waals surface area contributed by atoms with Crippen LogP contribution in [0, 0.1) is 0 Å². The van der Waals surface area contributed by atoms with E-state index in [4.69, 9.17) is 21.3 Å². The third-order valence-corrected chi connectivity index (χ3v) is 6.28. The lowest BCUT2D eigenvalue weighted by Gasteiger charge is -2.38. The van der Waals surface area contributed by atoms with Crippen LogP contribution in [0.15, 0.2) is 53.3 Å². The Morgan fingerprint density at radius 1 is 1.12 bits per heavy atom. The van der Waals surface area contributed by atoms with Crippen LogP contribution < -0.4 is 10.9 Å². The zero-order valence-corrected chi connectivity index (χ0v) is 19.6. The third kappa shape index (κ3) is 5.19. The zero-order valence-electron chi connectivity index (χ0n) is 18.8. The molecular formula is C24H28ClN5O3. The van der Waals surface area contributed by atoms with Gasteiger partial charge in [0.2, 0.25) is 0 Å². The Labute approximate surface area is 197 Å². The standard InChI is InChI=1S/C24H28ClN5O3/c1-17(22-27-21-6-4-3-5-20(21)23(31)30(22)15-16-33-2)28-11-13-29(14-12-28)24(32)26-19-9-7-18(25)8-10-19/h3-10,17H,11-16H2,1-2H3,(H,26,32). The number of carbonyl (C=O) groups excluding carboxylic acids is 1. The smallest absolute Gasteiger partial charge is 0.321 e. The number of carbonyl (C=O) groups is 1. The lowest BCUT2D eigenvalue weighted by Crippen LogP contribution is -2.51. The molecule has 8 nitrogen and oxygen atoms in total. The Morgan fingerprint density at radius 3 is 2.52 bits per heavy atom. The van der Waals surface area contributed by atoms with Crippen molar-refractivity contribution >= 4 is 34.2 Å². The molecule has 9 heteroatoms. The lowest BCUT2D eigenvalue weighted by atomic mass is 10.2. The van der Waals surface area contributed by atoms with Gasteiger partial charge >= 0.3 is 6.03 Å². The molecule has 0 spiro atoms. The highest BCUT2D eigenvalue weighted by Gasteiger charge is 2.27. The quantitative estimate of drug-likeness (QED) is 0.596. The molecule has 1 aromatic heterocycles. The number of benzene rings is 2. The van der Waals surface area contributed by atoms with E-state index < -0.39 is 0 Å². The van der Waals surface area contributed by atoms with Crippen molar-refractivity contribution in [2.24, 2.45) is 0 Å². The molecule has 1 fully saturated rings. The predicted octanol–water partition coefficient (Wildman–Crippen LogP) is 3.61. The molecule has 33 heavy (non-hydrogen) atoms. The number of anilines is 1. The topological polar surface area (TPSA) is 79.7 Å². The van der Waals surface area contributed by atoms with Crippen LogP contribution in [0.1, 0.15) is 18.8 Å². The monoisotopic (exact) mass is 469 g/mol. The number of fused-ring (bicyclic) bond motifs is 1. The minimum absolute atomic E-state index is 0.0551. The van der Waals surface area contributed by atoms with Gasteiger partial charge < -0.3 is 15.0 Å². The molecule has 2 amide bonds. The average Bonchev–Trinajstić information content (AvgIpc) is 2.84. The molecule has 174 valence electrons. The van der Waals surface area contributed by atoms with E-state index in [1.807, 2.05) is 18.2 Å². The fourth-order valence-electron chi connectivity index (χ4n) is 4.11. The van der Waals surface area contributed by atoms with Gasteiger partial charge in [-0.3, -0.25) is 14.3 Å². The van der Waals surface area contributed by atoms with E-state index in [1.165, 1.54) is 0 Å². The number of aromatic nitrogens is 2. The van der Waals surface area contributed by atoms with Gasteiger partial charge in [-0.05, 0) is 43.3 Å². The number of nitrogens with one attached hydrogen (secondary N) is 1. The van der Waals surface area contributed by atoms with Crippen molar-refractivity contribution in [1.29, 1.82) is 0 Å². The van der Waals surface area contributed by atoms with Crippen LogP contribution >= 0.6 is 11.6 Å². The first-order valence-corrected chi connectivity index (χ1v) is 11.4. The van der Waals surface area contributed by atoms with Crippen molar-refractivity contribution in [2.75, 3.05) is 45.2 Å². The molecule has 1 saturated heterocycles. The molecule has 0 bridgehead atoms. The number of hydrogen-bond donors (Lipinski definition) is 1. The van der Waals surface area contributed by atoms with Gasteiger partial charge in [0, 0.05) is 44.0 Å². The number of methoxy groups -OCH3 is 1. The number of halogens is 1. The van der Waals surface area contributed by atoms with E-state index in [2.05, 4.69) is 17.1 Å². The van der Waals surface area contributed by atoms with Crippen LogP contribution in [-0.4, -0.2) is 65.3 Å². The zero-order chi connectivity index (χ0) is 23.4. The van der Waals surface area contributed by atoms with Crippen molar-refractivity contribution in [3.8, 4) is 0 Å². The Kier molecular flexibility index (Phi) is 7.27. The second-order valence-corrected chi connectivity index (χ2v) is 8.51. The number of hydrogen-bond acceptors (Lipinski definition) is 5. The first-order valence-electron chi connectivity index (χ1n) is 11.0. The summed E-state index contributed by atoms with van der Waals surface area (Å²) >= 11 is 5.91. The summed E-state index contributed by atoms with van der Waals surface area (Å²) in [5.74, 6) is 0.717. The van der Waals surface area contributed by atoms with Gasteiger partial charge in [-0.1, -0.05) is 23.7 Å². The maximum absolute atomic E-state index is 13.2. The van der Waals surface area contributed by atoms with Crippen LogP contribution in [0.2, 0.25) is 5.02 Å². The van der Waals surface area contributed by atoms with E-state index in [0.29, 0.717) is 60.9 Å².